The van der Waals surface area contributed by atoms with Crippen LogP contribution in [0.25, 0.3) is 0 Å². The Balaban J connectivity index is 3.04. The van der Waals surface area contributed by atoms with Crippen molar-refractivity contribution >= 4 is 29.1 Å². The van der Waals surface area contributed by atoms with Crippen molar-refractivity contribution in [3.05, 3.63) is 5.38 Å². The summed E-state index contributed by atoms with van der Waals surface area (Å²) < 4.78 is 0. The lowest BCUT2D eigenvalue weighted by molar-refractivity contribution is 1.22. The molecule has 0 saturated heterocycles. The number of nitrogens with two attached hydrogens (primary N) is 1. The highest BCUT2D eigenvalue weighted by Crippen LogP contribution is 2.12. The zero-order valence-corrected chi connectivity index (χ0v) is 5.05. The summed E-state index contributed by atoms with van der Waals surface area (Å²) in [6.07, 6.45) is 0. The summed E-state index contributed by atoms with van der Waals surface area (Å²) in [5, 5.41) is 2.87. The third-order valence-corrected chi connectivity index (χ3v) is 1.53. The molecule has 0 fully saturated rings. The maximum Gasteiger partial charge on any atom is 0.181 e. The molecule has 0 aliphatic carbocycles. The maximum atomic E-state index is 5.22. The lowest BCUT2D eigenvalue weighted by Gasteiger charge is -1.70. The van der Waals surface area contributed by atoms with E-state index in [1.807, 2.05) is 0 Å². The smallest absolute Gasteiger partial charge is 0.181 e. The van der Waals surface area contributed by atoms with E-state index in [1.54, 1.807) is 5.38 Å². The van der Waals surface area contributed by atoms with Gasteiger partial charge in [-0.3, -0.25) is 0 Å². The SMILES string of the molecule is Nc1nc([S])cs1. The summed E-state index contributed by atoms with van der Waals surface area (Å²) in [6, 6.07) is 0. The topological polar surface area (TPSA) is 38.9 Å². The van der Waals surface area contributed by atoms with E-state index in [0.717, 1.165) is 0 Å². The fourth-order valence-corrected chi connectivity index (χ4v) is 0.998. The fraction of sp³-hybridized carbons (Fsp3) is 0. The normalized spacial score (nSPS) is 9.14. The molecular weight excluding hydrogens is 128 g/mol. The number of hydrogen-bond acceptors (Lipinski definition) is 3. The van der Waals surface area contributed by atoms with Crippen molar-refractivity contribution in [2.75, 3.05) is 5.73 Å². The Morgan fingerprint density at radius 2 is 2.57 bits per heavy atom. The highest BCUT2D eigenvalue weighted by molar-refractivity contribution is 7.80. The first-order valence-corrected chi connectivity index (χ1v) is 2.96. The van der Waals surface area contributed by atoms with Crippen LogP contribution in [0.3, 0.4) is 0 Å². The van der Waals surface area contributed by atoms with Crippen molar-refractivity contribution in [1.29, 1.82) is 0 Å². The van der Waals surface area contributed by atoms with Crippen LogP contribution in [-0.2, 0) is 0 Å². The molecule has 0 aliphatic rings. The number of rotatable bonds is 0. The van der Waals surface area contributed by atoms with Crippen LogP contribution >= 0.6 is 24.0 Å². The molecule has 0 spiro atoms. The monoisotopic (exact) mass is 131 g/mol. The van der Waals surface area contributed by atoms with Crippen LogP contribution in [0, 0.1) is 0 Å². The summed E-state index contributed by atoms with van der Waals surface area (Å²) in [4.78, 5) is 3.72. The van der Waals surface area contributed by atoms with Gasteiger partial charge in [0, 0.05) is 5.38 Å². The molecule has 1 radical (unpaired) electrons. The van der Waals surface area contributed by atoms with Crippen LogP contribution < -0.4 is 5.73 Å². The molecule has 0 bridgehead atoms. The second-order valence-corrected chi connectivity index (χ2v) is 2.33. The third kappa shape index (κ3) is 1.01. The van der Waals surface area contributed by atoms with E-state index in [1.165, 1.54) is 11.3 Å². The number of hydrogen-bond donors (Lipinski definition) is 1. The largest absolute Gasteiger partial charge is 0.375 e. The third-order valence-electron chi connectivity index (χ3n) is 0.501. The molecule has 0 aliphatic heterocycles. The molecule has 4 heteroatoms. The summed E-state index contributed by atoms with van der Waals surface area (Å²) in [5.41, 5.74) is 5.22. The van der Waals surface area contributed by atoms with Crippen molar-refractivity contribution in [2.24, 2.45) is 0 Å². The highest BCUT2D eigenvalue weighted by atomic mass is 32.1. The van der Waals surface area contributed by atoms with Gasteiger partial charge in [0.05, 0.1) is 0 Å². The Morgan fingerprint density at radius 1 is 1.86 bits per heavy atom. The number of anilines is 1. The second kappa shape index (κ2) is 1.63. The Labute approximate surface area is 50.8 Å². The Morgan fingerprint density at radius 3 is 2.71 bits per heavy atom. The van der Waals surface area contributed by atoms with Gasteiger partial charge >= 0.3 is 0 Å². The molecule has 0 aromatic carbocycles. The molecule has 0 saturated carbocycles. The summed E-state index contributed by atoms with van der Waals surface area (Å²) in [7, 11) is 0. The van der Waals surface area contributed by atoms with Crippen molar-refractivity contribution in [2.45, 2.75) is 5.03 Å². The van der Waals surface area contributed by atoms with Gasteiger partial charge in [-0.2, -0.15) is 0 Å². The molecular formula is C3H3N2S2. The Hall–Kier alpha value is -0.350. The Kier molecular flexibility index (Phi) is 1.12. The first-order chi connectivity index (χ1) is 3.29. The van der Waals surface area contributed by atoms with Crippen LogP contribution in [0.5, 0.6) is 0 Å². The molecule has 1 aromatic heterocycles. The first-order valence-electron chi connectivity index (χ1n) is 1.67. The van der Waals surface area contributed by atoms with Gasteiger partial charge in [0.2, 0.25) is 0 Å². The average molecular weight is 131 g/mol. The van der Waals surface area contributed by atoms with Crippen LogP contribution in [-0.4, -0.2) is 4.98 Å². The minimum absolute atomic E-state index is 0.546. The van der Waals surface area contributed by atoms with Crippen LogP contribution in [0.4, 0.5) is 5.13 Å². The summed E-state index contributed by atoms with van der Waals surface area (Å²) >= 11 is 6.02. The van der Waals surface area contributed by atoms with Gasteiger partial charge in [0.15, 0.2) is 5.13 Å². The molecule has 2 nitrogen and oxygen atoms in total. The zero-order valence-electron chi connectivity index (χ0n) is 3.42. The van der Waals surface area contributed by atoms with E-state index in [0.29, 0.717) is 10.2 Å². The number of thiazole rings is 1. The standard InChI is InChI=1S/C3H3N2S2/c4-3-5-2(6)1-7-3/h1H,(H2,4,5). The minimum atomic E-state index is 0.546. The maximum absolute atomic E-state index is 5.22. The van der Waals surface area contributed by atoms with Crippen LogP contribution in [0.1, 0.15) is 0 Å². The van der Waals surface area contributed by atoms with Crippen molar-refractivity contribution in [3.8, 4) is 0 Å². The quantitative estimate of drug-likeness (QED) is 0.576. The van der Waals surface area contributed by atoms with Crippen molar-refractivity contribution < 1.29 is 0 Å². The van der Waals surface area contributed by atoms with Crippen molar-refractivity contribution in [1.82, 2.24) is 4.98 Å². The van der Waals surface area contributed by atoms with Crippen molar-refractivity contribution in [3.63, 3.8) is 0 Å². The second-order valence-electron chi connectivity index (χ2n) is 1.02. The highest BCUT2D eigenvalue weighted by Gasteiger charge is 1.89. The summed E-state index contributed by atoms with van der Waals surface area (Å²) in [6.45, 7) is 0. The van der Waals surface area contributed by atoms with Gasteiger partial charge < -0.3 is 5.73 Å². The molecule has 0 atom stereocenters. The lowest BCUT2D eigenvalue weighted by atomic mass is 11.0. The molecule has 1 heterocycles. The molecule has 37 valence electrons. The van der Waals surface area contributed by atoms with E-state index < -0.39 is 0 Å². The minimum Gasteiger partial charge on any atom is -0.375 e. The van der Waals surface area contributed by atoms with E-state index >= 15 is 0 Å². The Bertz CT molecular complexity index is 143. The van der Waals surface area contributed by atoms with E-state index in [-0.39, 0.29) is 0 Å². The average Bonchev–Trinajstić information content (AvgIpc) is 1.87. The molecule has 1 aromatic rings. The van der Waals surface area contributed by atoms with Gasteiger partial charge in [-0.05, 0) is 0 Å². The van der Waals surface area contributed by atoms with E-state index in [2.05, 4.69) is 17.6 Å². The number of nitrogen functional groups attached to an aromatic ring is 1. The van der Waals surface area contributed by atoms with Gasteiger partial charge in [0.1, 0.15) is 5.03 Å². The molecule has 1 rings (SSSR count). The molecule has 0 unspecified atom stereocenters. The predicted molar refractivity (Wildman–Crippen MR) is 32.4 cm³/mol. The number of nitrogens with zero attached hydrogens (tertiary/aromatic N) is 1. The van der Waals surface area contributed by atoms with Gasteiger partial charge in [-0.25, -0.2) is 4.98 Å². The molecule has 0 amide bonds. The zero-order chi connectivity index (χ0) is 5.28. The number of aromatic nitrogens is 1. The van der Waals surface area contributed by atoms with Gasteiger partial charge in [0.25, 0.3) is 0 Å². The fourth-order valence-electron chi connectivity index (χ4n) is 0.272. The lowest BCUT2D eigenvalue weighted by Crippen LogP contribution is -1.78. The van der Waals surface area contributed by atoms with Gasteiger partial charge in [-0.15, -0.1) is 11.3 Å². The van der Waals surface area contributed by atoms with E-state index in [4.69, 9.17) is 5.73 Å². The van der Waals surface area contributed by atoms with Crippen LogP contribution in [0.2, 0.25) is 0 Å². The predicted octanol–water partition coefficient (Wildman–Crippen LogP) is 1.28. The molecule has 7 heavy (non-hydrogen) atoms. The molecule has 2 N–H and O–H groups in total. The summed E-state index contributed by atoms with van der Waals surface area (Å²) in [5.74, 6) is 0. The van der Waals surface area contributed by atoms with Crippen LogP contribution in [0.15, 0.2) is 10.4 Å². The van der Waals surface area contributed by atoms with E-state index in [9.17, 15) is 0 Å². The first kappa shape index (κ1) is 4.80. The van der Waals surface area contributed by atoms with Gasteiger partial charge in [-0.1, -0.05) is 12.6 Å².